The van der Waals surface area contributed by atoms with Crippen LogP contribution in [0.3, 0.4) is 0 Å². The summed E-state index contributed by atoms with van der Waals surface area (Å²) >= 11 is 0. The summed E-state index contributed by atoms with van der Waals surface area (Å²) in [6.45, 7) is 1.58. The van der Waals surface area contributed by atoms with E-state index in [0.29, 0.717) is 13.0 Å². The molecular weight excluding hydrogens is 390 g/mol. The lowest BCUT2D eigenvalue weighted by Crippen LogP contribution is -2.21. The fourth-order valence-corrected chi connectivity index (χ4v) is 3.55. The van der Waals surface area contributed by atoms with Crippen LogP contribution in [0.25, 0.3) is 17.0 Å². The fraction of sp³-hybridized carbons (Fsp3) is 0.320. The van der Waals surface area contributed by atoms with Crippen molar-refractivity contribution in [1.82, 2.24) is 14.9 Å². The number of fused-ring (bicyclic) bond motifs is 1. The van der Waals surface area contributed by atoms with Gasteiger partial charge in [0.15, 0.2) is 0 Å². The van der Waals surface area contributed by atoms with Crippen LogP contribution in [0.15, 0.2) is 61.1 Å². The van der Waals surface area contributed by atoms with Crippen molar-refractivity contribution < 1.29 is 14.3 Å². The number of benzene rings is 1. The minimum absolute atomic E-state index is 0.0826. The van der Waals surface area contributed by atoms with Crippen LogP contribution in [0, 0.1) is 0 Å². The van der Waals surface area contributed by atoms with E-state index in [0.717, 1.165) is 54.3 Å². The van der Waals surface area contributed by atoms with Crippen molar-refractivity contribution in [3.05, 3.63) is 72.2 Å². The van der Waals surface area contributed by atoms with E-state index in [1.54, 1.807) is 24.5 Å². The number of hydrogen-bond acceptors (Lipinski definition) is 4. The number of carbonyl (C=O) groups excluding carboxylic acids is 2. The number of nitrogens with one attached hydrogen (secondary N) is 1. The Morgan fingerprint density at radius 2 is 1.94 bits per heavy atom. The molecular formula is C25H29N3O3. The third-order valence-corrected chi connectivity index (χ3v) is 5.17. The molecule has 0 unspecified atom stereocenters. The van der Waals surface area contributed by atoms with Gasteiger partial charge < -0.3 is 14.6 Å². The Bertz CT molecular complexity index is 1020. The highest BCUT2D eigenvalue weighted by atomic mass is 16.5. The number of hydrogen-bond donors (Lipinski definition) is 1. The smallest absolute Gasteiger partial charge is 0.310 e. The van der Waals surface area contributed by atoms with Crippen molar-refractivity contribution in [3.8, 4) is 0 Å². The van der Waals surface area contributed by atoms with Crippen molar-refractivity contribution >= 4 is 28.9 Å². The van der Waals surface area contributed by atoms with Crippen molar-refractivity contribution in [2.24, 2.45) is 0 Å². The number of pyridine rings is 1. The normalized spacial score (nSPS) is 11.1. The fourth-order valence-electron chi connectivity index (χ4n) is 3.55. The zero-order valence-corrected chi connectivity index (χ0v) is 17.9. The Labute approximate surface area is 182 Å². The number of methoxy groups -OCH3 is 1. The summed E-state index contributed by atoms with van der Waals surface area (Å²) in [6, 6.07) is 11.9. The van der Waals surface area contributed by atoms with Crippen LogP contribution in [0.1, 0.15) is 36.8 Å². The molecule has 0 saturated heterocycles. The molecule has 2 heterocycles. The molecule has 1 N–H and O–H groups in total. The van der Waals surface area contributed by atoms with Gasteiger partial charge in [-0.2, -0.15) is 0 Å². The van der Waals surface area contributed by atoms with Gasteiger partial charge in [-0.15, -0.1) is 0 Å². The van der Waals surface area contributed by atoms with E-state index in [-0.39, 0.29) is 11.9 Å². The molecule has 6 nitrogen and oxygen atoms in total. The average molecular weight is 420 g/mol. The molecule has 0 aliphatic heterocycles. The lowest BCUT2D eigenvalue weighted by molar-refractivity contribution is -0.139. The Morgan fingerprint density at radius 1 is 1.10 bits per heavy atom. The minimum Gasteiger partial charge on any atom is -0.469 e. The average Bonchev–Trinajstić information content (AvgIpc) is 3.15. The predicted molar refractivity (Wildman–Crippen MR) is 122 cm³/mol. The number of aromatic nitrogens is 2. The molecule has 162 valence electrons. The van der Waals surface area contributed by atoms with E-state index in [2.05, 4.69) is 33.2 Å². The van der Waals surface area contributed by atoms with Crippen LogP contribution < -0.4 is 5.32 Å². The maximum atomic E-state index is 11.9. The summed E-state index contributed by atoms with van der Waals surface area (Å²) in [7, 11) is 1.42. The molecule has 0 saturated carbocycles. The van der Waals surface area contributed by atoms with E-state index in [9.17, 15) is 9.59 Å². The first-order valence-electron chi connectivity index (χ1n) is 10.7. The van der Waals surface area contributed by atoms with Gasteiger partial charge in [0.1, 0.15) is 0 Å². The zero-order valence-electron chi connectivity index (χ0n) is 17.9. The molecule has 1 amide bonds. The van der Waals surface area contributed by atoms with Gasteiger partial charge in [0, 0.05) is 48.7 Å². The number of nitrogens with zero attached hydrogens (tertiary/aromatic N) is 2. The lowest BCUT2D eigenvalue weighted by atomic mass is 10.1. The topological polar surface area (TPSA) is 73.2 Å². The number of ether oxygens (including phenoxy) is 1. The molecule has 0 aliphatic rings. The third-order valence-electron chi connectivity index (χ3n) is 5.17. The van der Waals surface area contributed by atoms with Gasteiger partial charge in [0.25, 0.3) is 0 Å². The first-order valence-corrected chi connectivity index (χ1v) is 10.7. The largest absolute Gasteiger partial charge is 0.469 e. The van der Waals surface area contributed by atoms with Gasteiger partial charge in [-0.1, -0.05) is 37.1 Å². The molecule has 6 heteroatoms. The minimum atomic E-state index is -0.222. The first kappa shape index (κ1) is 22.3. The number of rotatable bonds is 11. The number of unbranched alkanes of at least 4 members (excludes halogenated alkanes) is 3. The van der Waals surface area contributed by atoms with Crippen molar-refractivity contribution in [2.75, 3.05) is 13.7 Å². The summed E-state index contributed by atoms with van der Waals surface area (Å²) in [5.74, 6) is -0.305. The van der Waals surface area contributed by atoms with E-state index in [1.165, 1.54) is 7.11 Å². The number of amides is 1. The van der Waals surface area contributed by atoms with E-state index >= 15 is 0 Å². The molecule has 0 fully saturated rings. The van der Waals surface area contributed by atoms with Gasteiger partial charge in [0.2, 0.25) is 5.91 Å². The molecule has 0 spiro atoms. The van der Waals surface area contributed by atoms with E-state index in [1.807, 2.05) is 24.3 Å². The van der Waals surface area contributed by atoms with Gasteiger partial charge in [-0.05, 0) is 42.2 Å². The summed E-state index contributed by atoms with van der Waals surface area (Å²) in [5, 5.41) is 4.02. The molecule has 3 rings (SSSR count). The quantitative estimate of drug-likeness (QED) is 0.288. The monoisotopic (exact) mass is 419 g/mol. The van der Waals surface area contributed by atoms with Gasteiger partial charge in [-0.3, -0.25) is 14.6 Å². The molecule has 2 aromatic heterocycles. The van der Waals surface area contributed by atoms with E-state index < -0.39 is 0 Å². The SMILES string of the molecule is COC(=O)Cc1cn(CCCCCCNC(=O)/C=C/c2cccnc2)c2ccccc12. The number of carbonyl (C=O) groups is 2. The Morgan fingerprint density at radius 3 is 2.74 bits per heavy atom. The third kappa shape index (κ3) is 6.81. The number of aryl methyl sites for hydroxylation is 1. The van der Waals surface area contributed by atoms with Crippen LogP contribution in [0.4, 0.5) is 0 Å². The van der Waals surface area contributed by atoms with Crippen LogP contribution in [0.2, 0.25) is 0 Å². The Kier molecular flexibility index (Phi) is 8.40. The maximum absolute atomic E-state index is 11.9. The second-order valence-electron chi connectivity index (χ2n) is 7.44. The van der Waals surface area contributed by atoms with Crippen LogP contribution in [-0.4, -0.2) is 35.1 Å². The van der Waals surface area contributed by atoms with Crippen LogP contribution in [-0.2, 0) is 27.3 Å². The summed E-state index contributed by atoms with van der Waals surface area (Å²) in [6.07, 6.45) is 13.2. The van der Waals surface area contributed by atoms with Crippen LogP contribution in [0.5, 0.6) is 0 Å². The summed E-state index contributed by atoms with van der Waals surface area (Å²) < 4.78 is 7.04. The Hall–Kier alpha value is -3.41. The molecule has 31 heavy (non-hydrogen) atoms. The number of para-hydroxylation sites is 1. The Balaban J connectivity index is 1.37. The molecule has 0 aliphatic carbocycles. The molecule has 0 atom stereocenters. The van der Waals surface area contributed by atoms with Gasteiger partial charge >= 0.3 is 5.97 Å². The molecule has 1 aromatic carbocycles. The molecule has 3 aromatic rings. The number of esters is 1. The van der Waals surface area contributed by atoms with Crippen molar-refractivity contribution in [1.29, 1.82) is 0 Å². The predicted octanol–water partition coefficient (Wildman–Crippen LogP) is 4.14. The van der Waals surface area contributed by atoms with Gasteiger partial charge in [-0.25, -0.2) is 0 Å². The zero-order chi connectivity index (χ0) is 21.9. The second kappa shape index (κ2) is 11.7. The molecule has 0 radical (unpaired) electrons. The maximum Gasteiger partial charge on any atom is 0.310 e. The first-order chi connectivity index (χ1) is 15.2. The highest BCUT2D eigenvalue weighted by Gasteiger charge is 2.11. The van der Waals surface area contributed by atoms with Crippen molar-refractivity contribution in [3.63, 3.8) is 0 Å². The lowest BCUT2D eigenvalue weighted by Gasteiger charge is -2.06. The second-order valence-corrected chi connectivity index (χ2v) is 7.44. The summed E-state index contributed by atoms with van der Waals surface area (Å²) in [5.41, 5.74) is 3.06. The highest BCUT2D eigenvalue weighted by molar-refractivity contribution is 5.91. The van der Waals surface area contributed by atoms with Crippen molar-refractivity contribution in [2.45, 2.75) is 38.6 Å². The van der Waals surface area contributed by atoms with Crippen LogP contribution >= 0.6 is 0 Å². The summed E-state index contributed by atoms with van der Waals surface area (Å²) in [4.78, 5) is 27.6. The molecule has 0 bridgehead atoms. The van der Waals surface area contributed by atoms with E-state index in [4.69, 9.17) is 4.74 Å². The highest BCUT2D eigenvalue weighted by Crippen LogP contribution is 2.22. The van der Waals surface area contributed by atoms with Gasteiger partial charge in [0.05, 0.1) is 13.5 Å². The standard InChI is InChI=1S/C25H29N3O3/c1-31-25(30)17-21-19-28(23-11-5-4-10-22(21)23)16-7-3-2-6-15-27-24(29)13-12-20-9-8-14-26-18-20/h4-5,8-14,18-19H,2-3,6-7,15-17H2,1H3,(H,27,29)/b13-12+.